The Bertz CT molecular complexity index is 554. The molecule has 1 N–H and O–H groups in total. The summed E-state index contributed by atoms with van der Waals surface area (Å²) < 4.78 is 2.02. The number of carbonyl (C=O) groups excluding carboxylic acids is 1. The van der Waals surface area contributed by atoms with Crippen molar-refractivity contribution in [2.24, 2.45) is 0 Å². The van der Waals surface area contributed by atoms with Gasteiger partial charge in [0.2, 0.25) is 0 Å². The van der Waals surface area contributed by atoms with Crippen molar-refractivity contribution in [1.29, 1.82) is 0 Å². The Balaban J connectivity index is 1.90. The summed E-state index contributed by atoms with van der Waals surface area (Å²) in [6.45, 7) is 2.10. The molecule has 5 nitrogen and oxygen atoms in total. The first kappa shape index (κ1) is 12.5. The lowest BCUT2D eigenvalue weighted by Gasteiger charge is -2.15. The molecule has 0 spiro atoms. The summed E-state index contributed by atoms with van der Waals surface area (Å²) in [7, 11) is 0. The van der Waals surface area contributed by atoms with Crippen LogP contribution < -0.4 is 5.32 Å². The Kier molecular flexibility index (Phi) is 3.70. The number of carbonyl (C=O) groups is 1. The van der Waals surface area contributed by atoms with Crippen LogP contribution >= 0.6 is 11.3 Å². The minimum atomic E-state index is 0.397. The maximum atomic E-state index is 10.8. The van der Waals surface area contributed by atoms with Crippen molar-refractivity contribution in [2.75, 3.05) is 13.1 Å². The molecule has 0 bridgehead atoms. The number of aromatic nitrogens is 3. The Hall–Kier alpha value is -1.53. The number of hydrogen-bond acceptors (Lipinski definition) is 5. The minimum absolute atomic E-state index is 0.397. The molecule has 6 heteroatoms. The molecule has 0 radical (unpaired) electrons. The third-order valence-corrected chi connectivity index (χ3v) is 4.49. The Morgan fingerprint density at radius 3 is 3.16 bits per heavy atom. The van der Waals surface area contributed by atoms with Gasteiger partial charge >= 0.3 is 0 Å². The number of nitrogens with one attached hydrogen (secondary N) is 1. The fourth-order valence-corrected chi connectivity index (χ4v) is 3.31. The first-order valence-corrected chi connectivity index (χ1v) is 7.36. The van der Waals surface area contributed by atoms with Gasteiger partial charge in [0.1, 0.15) is 0 Å². The number of hydrogen-bond donors (Lipinski definition) is 1. The summed E-state index contributed by atoms with van der Waals surface area (Å²) >= 11 is 1.49. The van der Waals surface area contributed by atoms with E-state index in [1.165, 1.54) is 11.3 Å². The summed E-state index contributed by atoms with van der Waals surface area (Å²) in [5.41, 5.74) is 1.02. The third-order valence-electron chi connectivity index (χ3n) is 3.46. The molecule has 0 aliphatic carbocycles. The van der Waals surface area contributed by atoms with E-state index in [2.05, 4.69) is 15.6 Å². The Morgan fingerprint density at radius 2 is 2.32 bits per heavy atom. The number of aldehydes is 1. The van der Waals surface area contributed by atoms with Gasteiger partial charge in [-0.05, 0) is 44.5 Å². The zero-order valence-corrected chi connectivity index (χ0v) is 11.4. The van der Waals surface area contributed by atoms with Gasteiger partial charge in [0.15, 0.2) is 6.29 Å². The van der Waals surface area contributed by atoms with E-state index < -0.39 is 0 Å². The lowest BCUT2D eigenvalue weighted by molar-refractivity contribution is 0.112. The highest BCUT2D eigenvalue weighted by atomic mass is 32.1. The van der Waals surface area contributed by atoms with E-state index in [1.54, 1.807) is 6.20 Å². The number of rotatable bonds is 3. The molecule has 3 rings (SSSR count). The summed E-state index contributed by atoms with van der Waals surface area (Å²) in [6, 6.07) is 4.21. The monoisotopic (exact) mass is 276 g/mol. The Labute approximate surface area is 115 Å². The van der Waals surface area contributed by atoms with Crippen molar-refractivity contribution in [3.63, 3.8) is 0 Å². The van der Waals surface area contributed by atoms with Crippen LogP contribution in [0.4, 0.5) is 0 Å². The van der Waals surface area contributed by atoms with Crippen molar-refractivity contribution in [2.45, 2.75) is 25.3 Å². The smallest absolute Gasteiger partial charge is 0.160 e. The zero-order valence-electron chi connectivity index (χ0n) is 10.6. The molecule has 1 atom stereocenters. The van der Waals surface area contributed by atoms with Crippen LogP contribution in [0.1, 0.15) is 35.0 Å². The maximum Gasteiger partial charge on any atom is 0.160 e. The molecule has 1 unspecified atom stereocenters. The zero-order chi connectivity index (χ0) is 13.1. The van der Waals surface area contributed by atoms with Crippen LogP contribution in [-0.2, 0) is 0 Å². The topological polar surface area (TPSA) is 59.8 Å². The second kappa shape index (κ2) is 5.63. The number of thiophene rings is 1. The molecule has 0 amide bonds. The van der Waals surface area contributed by atoms with Gasteiger partial charge < -0.3 is 5.32 Å². The summed E-state index contributed by atoms with van der Waals surface area (Å²) in [5, 5.41) is 11.7. The molecule has 2 aromatic rings. The molecular formula is C13H16N4OS. The minimum Gasteiger partial charge on any atom is -0.317 e. The fourth-order valence-electron chi connectivity index (χ4n) is 2.49. The first-order chi connectivity index (χ1) is 9.38. The lowest BCUT2D eigenvalue weighted by Crippen LogP contribution is -2.16. The van der Waals surface area contributed by atoms with E-state index in [1.807, 2.05) is 16.8 Å². The molecule has 1 fully saturated rings. The van der Waals surface area contributed by atoms with E-state index in [0.717, 1.165) is 54.1 Å². The third kappa shape index (κ3) is 2.59. The van der Waals surface area contributed by atoms with E-state index in [0.29, 0.717) is 6.04 Å². The average Bonchev–Trinajstić information content (AvgIpc) is 3.02. The van der Waals surface area contributed by atoms with Gasteiger partial charge in [-0.1, -0.05) is 5.21 Å². The van der Waals surface area contributed by atoms with Crippen LogP contribution in [-0.4, -0.2) is 34.4 Å². The van der Waals surface area contributed by atoms with Gasteiger partial charge in [-0.25, -0.2) is 4.68 Å². The lowest BCUT2D eigenvalue weighted by atomic mass is 10.1. The summed E-state index contributed by atoms with van der Waals surface area (Å²) in [5.74, 6) is 0. The first-order valence-electron chi connectivity index (χ1n) is 6.55. The molecule has 3 heterocycles. The Morgan fingerprint density at radius 1 is 1.37 bits per heavy atom. The molecule has 100 valence electrons. The molecule has 1 aliphatic heterocycles. The van der Waals surface area contributed by atoms with Crippen LogP contribution in [0.3, 0.4) is 0 Å². The van der Waals surface area contributed by atoms with Crippen molar-refractivity contribution in [3.05, 3.63) is 23.2 Å². The van der Waals surface area contributed by atoms with Gasteiger partial charge in [0.05, 0.1) is 27.7 Å². The van der Waals surface area contributed by atoms with Gasteiger partial charge in [-0.15, -0.1) is 16.4 Å². The SMILES string of the molecule is O=Cc1ccc(-c2cnnn2C2CCCNCC2)s1. The van der Waals surface area contributed by atoms with E-state index in [4.69, 9.17) is 0 Å². The standard InChI is InChI=1S/C13H16N4OS/c18-9-11-3-4-13(19-11)12-8-15-16-17(12)10-2-1-6-14-7-5-10/h3-4,8-10,14H,1-2,5-7H2. The highest BCUT2D eigenvalue weighted by Crippen LogP contribution is 2.30. The normalized spacial score (nSPS) is 20.1. The average molecular weight is 276 g/mol. The predicted octanol–water partition coefficient (Wildman–Crippen LogP) is 2.13. The van der Waals surface area contributed by atoms with Gasteiger partial charge in [-0.2, -0.15) is 0 Å². The molecule has 1 aliphatic rings. The van der Waals surface area contributed by atoms with Gasteiger partial charge in [0.25, 0.3) is 0 Å². The van der Waals surface area contributed by atoms with Crippen molar-refractivity contribution < 1.29 is 4.79 Å². The van der Waals surface area contributed by atoms with E-state index >= 15 is 0 Å². The second-order valence-corrected chi connectivity index (χ2v) is 5.83. The highest BCUT2D eigenvalue weighted by Gasteiger charge is 2.19. The van der Waals surface area contributed by atoms with Crippen molar-refractivity contribution in [3.8, 4) is 10.6 Å². The van der Waals surface area contributed by atoms with Crippen LogP contribution in [0.5, 0.6) is 0 Å². The second-order valence-electron chi connectivity index (χ2n) is 4.72. The van der Waals surface area contributed by atoms with Gasteiger partial charge in [-0.3, -0.25) is 4.79 Å². The predicted molar refractivity (Wildman–Crippen MR) is 74.5 cm³/mol. The van der Waals surface area contributed by atoms with Crippen LogP contribution in [0, 0.1) is 0 Å². The number of nitrogens with zero attached hydrogens (tertiary/aromatic N) is 3. The quantitative estimate of drug-likeness (QED) is 0.873. The molecule has 1 saturated heterocycles. The van der Waals surface area contributed by atoms with E-state index in [9.17, 15) is 4.79 Å². The largest absolute Gasteiger partial charge is 0.317 e. The molecule has 2 aromatic heterocycles. The van der Waals surface area contributed by atoms with Gasteiger partial charge in [0, 0.05) is 0 Å². The highest BCUT2D eigenvalue weighted by molar-refractivity contribution is 7.17. The maximum absolute atomic E-state index is 10.8. The van der Waals surface area contributed by atoms with Crippen LogP contribution in [0.2, 0.25) is 0 Å². The molecule has 0 saturated carbocycles. The summed E-state index contributed by atoms with van der Waals surface area (Å²) in [4.78, 5) is 12.6. The molecular weight excluding hydrogens is 260 g/mol. The van der Waals surface area contributed by atoms with E-state index in [-0.39, 0.29) is 0 Å². The molecule has 0 aromatic carbocycles. The van der Waals surface area contributed by atoms with Crippen molar-refractivity contribution >= 4 is 17.6 Å². The van der Waals surface area contributed by atoms with Crippen LogP contribution in [0.25, 0.3) is 10.6 Å². The van der Waals surface area contributed by atoms with Crippen molar-refractivity contribution in [1.82, 2.24) is 20.3 Å². The molecule has 19 heavy (non-hydrogen) atoms. The fraction of sp³-hybridized carbons (Fsp3) is 0.462. The van der Waals surface area contributed by atoms with Crippen LogP contribution in [0.15, 0.2) is 18.3 Å². The summed E-state index contributed by atoms with van der Waals surface area (Å²) in [6.07, 6.45) is 6.03.